The van der Waals surface area contributed by atoms with Gasteiger partial charge in [-0.05, 0) is 49.3 Å². The van der Waals surface area contributed by atoms with E-state index in [0.29, 0.717) is 28.5 Å². The van der Waals surface area contributed by atoms with Crippen molar-refractivity contribution in [2.45, 2.75) is 52.5 Å². The molecule has 2 aliphatic rings. The van der Waals surface area contributed by atoms with Crippen molar-refractivity contribution in [3.8, 4) is 5.75 Å². The number of ether oxygens (including phenoxy) is 1. The summed E-state index contributed by atoms with van der Waals surface area (Å²) >= 11 is 0. The minimum Gasteiger partial charge on any atom is -0.484 e. The van der Waals surface area contributed by atoms with Gasteiger partial charge < -0.3 is 9.64 Å². The highest BCUT2D eigenvalue weighted by atomic mass is 16.5. The molecule has 1 amide bonds. The Hall–Kier alpha value is -2.37. The second-order valence-corrected chi connectivity index (χ2v) is 8.51. The number of benzene rings is 1. The number of fused-ring (bicyclic) bond motifs is 2. The first kappa shape index (κ1) is 19.0. The molecule has 1 aromatic heterocycles. The van der Waals surface area contributed by atoms with Gasteiger partial charge in [-0.25, -0.2) is 4.98 Å². The molecule has 4 rings (SSSR count). The van der Waals surface area contributed by atoms with Crippen LogP contribution in [0.4, 0.5) is 0 Å². The van der Waals surface area contributed by atoms with E-state index >= 15 is 0 Å². The second-order valence-electron chi connectivity index (χ2n) is 8.51. The van der Waals surface area contributed by atoms with Crippen LogP contribution in [0.25, 0.3) is 10.9 Å². The highest BCUT2D eigenvalue weighted by molar-refractivity contribution is 5.80. The van der Waals surface area contributed by atoms with Gasteiger partial charge in [-0.15, -0.1) is 0 Å². The Morgan fingerprint density at radius 2 is 1.96 bits per heavy atom. The number of aromatic nitrogens is 2. The van der Waals surface area contributed by atoms with Crippen molar-refractivity contribution in [3.63, 3.8) is 0 Å². The molecule has 0 bridgehead atoms. The largest absolute Gasteiger partial charge is 0.484 e. The average molecular weight is 383 g/mol. The molecular weight excluding hydrogens is 354 g/mol. The molecule has 1 aromatic carbocycles. The second kappa shape index (κ2) is 7.94. The molecule has 0 spiro atoms. The van der Waals surface area contributed by atoms with Crippen molar-refractivity contribution in [1.29, 1.82) is 0 Å². The third kappa shape index (κ3) is 3.91. The number of carbonyl (C=O) groups is 1. The lowest BCUT2D eigenvalue weighted by Gasteiger charge is -2.34. The van der Waals surface area contributed by atoms with Crippen LogP contribution in [0, 0.1) is 11.8 Å². The maximum Gasteiger partial charge on any atom is 0.261 e. The smallest absolute Gasteiger partial charge is 0.261 e. The summed E-state index contributed by atoms with van der Waals surface area (Å²) in [7, 11) is 0. The molecule has 3 heterocycles. The van der Waals surface area contributed by atoms with Crippen molar-refractivity contribution in [1.82, 2.24) is 14.5 Å². The Labute approximate surface area is 165 Å². The Balaban J connectivity index is 1.51. The molecule has 2 atom stereocenters. The predicted molar refractivity (Wildman–Crippen MR) is 109 cm³/mol. The Bertz CT molecular complexity index is 927. The van der Waals surface area contributed by atoms with Gasteiger partial charge in [0.15, 0.2) is 6.61 Å². The number of amides is 1. The zero-order valence-electron chi connectivity index (χ0n) is 16.8. The summed E-state index contributed by atoms with van der Waals surface area (Å²) in [6.45, 7) is 6.69. The number of aryl methyl sites for hydroxylation is 1. The minimum absolute atomic E-state index is 0.00245. The number of rotatable bonds is 3. The van der Waals surface area contributed by atoms with Crippen LogP contribution in [-0.2, 0) is 17.8 Å². The lowest BCUT2D eigenvalue weighted by molar-refractivity contribution is -0.136. The minimum atomic E-state index is -0.00245. The molecule has 6 heteroatoms. The maximum atomic E-state index is 12.9. The van der Waals surface area contributed by atoms with E-state index in [1.54, 1.807) is 16.7 Å². The Morgan fingerprint density at radius 1 is 1.18 bits per heavy atom. The molecule has 1 fully saturated rings. The molecule has 6 nitrogen and oxygen atoms in total. The molecule has 2 unspecified atom stereocenters. The van der Waals surface area contributed by atoms with E-state index in [0.717, 1.165) is 57.6 Å². The van der Waals surface area contributed by atoms with Crippen LogP contribution in [0.5, 0.6) is 5.75 Å². The van der Waals surface area contributed by atoms with Crippen LogP contribution in [0.1, 0.15) is 45.4 Å². The molecule has 0 aliphatic carbocycles. The van der Waals surface area contributed by atoms with E-state index < -0.39 is 0 Å². The fourth-order valence-corrected chi connectivity index (χ4v) is 4.59. The van der Waals surface area contributed by atoms with Gasteiger partial charge >= 0.3 is 0 Å². The fourth-order valence-electron chi connectivity index (χ4n) is 4.59. The van der Waals surface area contributed by atoms with Crippen LogP contribution < -0.4 is 10.3 Å². The summed E-state index contributed by atoms with van der Waals surface area (Å²) in [5, 5.41) is 0.566. The SMILES string of the molecule is CC1CC(C)CN(C(=O)COc2ccc3nc4n(c(=O)c3c2)CCCCC4)C1. The number of piperidine rings is 1. The number of likely N-dealkylation sites (tertiary alicyclic amines) is 1. The zero-order chi connectivity index (χ0) is 19.7. The third-order valence-electron chi connectivity index (χ3n) is 5.87. The lowest BCUT2D eigenvalue weighted by Crippen LogP contribution is -2.44. The molecule has 2 aliphatic heterocycles. The Kier molecular flexibility index (Phi) is 5.38. The first-order valence-corrected chi connectivity index (χ1v) is 10.5. The highest BCUT2D eigenvalue weighted by Crippen LogP contribution is 2.22. The molecule has 28 heavy (non-hydrogen) atoms. The summed E-state index contributed by atoms with van der Waals surface area (Å²) in [6, 6.07) is 5.36. The first-order chi connectivity index (χ1) is 13.5. The molecule has 0 saturated carbocycles. The summed E-state index contributed by atoms with van der Waals surface area (Å²) in [6.07, 6.45) is 5.23. The van der Waals surface area contributed by atoms with E-state index in [-0.39, 0.29) is 18.1 Å². The monoisotopic (exact) mass is 383 g/mol. The van der Waals surface area contributed by atoms with Crippen molar-refractivity contribution >= 4 is 16.8 Å². The number of hydrogen-bond acceptors (Lipinski definition) is 4. The summed E-state index contributed by atoms with van der Waals surface area (Å²) in [4.78, 5) is 32.1. The standard InChI is InChI=1S/C22H29N3O3/c1-15-10-16(2)13-24(12-15)21(26)14-28-17-7-8-19-18(11-17)22(27)25-9-5-3-4-6-20(25)23-19/h7-8,11,15-16H,3-6,9-10,12-14H2,1-2H3. The highest BCUT2D eigenvalue weighted by Gasteiger charge is 2.25. The maximum absolute atomic E-state index is 12.9. The van der Waals surface area contributed by atoms with Crippen molar-refractivity contribution in [3.05, 3.63) is 34.4 Å². The van der Waals surface area contributed by atoms with Gasteiger partial charge in [0, 0.05) is 26.1 Å². The normalized spacial score (nSPS) is 22.6. The van der Waals surface area contributed by atoms with Gasteiger partial charge in [-0.1, -0.05) is 20.3 Å². The molecule has 1 saturated heterocycles. The molecular formula is C22H29N3O3. The van der Waals surface area contributed by atoms with E-state index in [9.17, 15) is 9.59 Å². The molecule has 2 aromatic rings. The van der Waals surface area contributed by atoms with Crippen LogP contribution in [-0.4, -0.2) is 40.1 Å². The zero-order valence-corrected chi connectivity index (χ0v) is 16.8. The van der Waals surface area contributed by atoms with Crippen molar-refractivity contribution in [2.24, 2.45) is 11.8 Å². The topological polar surface area (TPSA) is 64.4 Å². The van der Waals surface area contributed by atoms with Gasteiger partial charge in [0.05, 0.1) is 10.9 Å². The predicted octanol–water partition coefficient (Wildman–Crippen LogP) is 3.01. The van der Waals surface area contributed by atoms with E-state index in [1.165, 1.54) is 0 Å². The van der Waals surface area contributed by atoms with Gasteiger partial charge in [0.25, 0.3) is 11.5 Å². The quantitative estimate of drug-likeness (QED) is 0.817. The van der Waals surface area contributed by atoms with E-state index in [1.807, 2.05) is 11.0 Å². The van der Waals surface area contributed by atoms with Crippen molar-refractivity contribution in [2.75, 3.05) is 19.7 Å². The average Bonchev–Trinajstić information content (AvgIpc) is 2.91. The summed E-state index contributed by atoms with van der Waals surface area (Å²) in [5.74, 6) is 2.49. The summed E-state index contributed by atoms with van der Waals surface area (Å²) < 4.78 is 7.56. The number of carbonyl (C=O) groups excluding carboxylic acids is 1. The van der Waals surface area contributed by atoms with Gasteiger partial charge in [-0.2, -0.15) is 0 Å². The molecule has 0 N–H and O–H groups in total. The fraction of sp³-hybridized carbons (Fsp3) is 0.591. The molecule has 0 radical (unpaired) electrons. The van der Waals surface area contributed by atoms with E-state index in [4.69, 9.17) is 9.72 Å². The van der Waals surface area contributed by atoms with Crippen LogP contribution in [0.15, 0.2) is 23.0 Å². The van der Waals surface area contributed by atoms with Gasteiger partial charge in [0.1, 0.15) is 11.6 Å². The van der Waals surface area contributed by atoms with Crippen LogP contribution >= 0.6 is 0 Å². The van der Waals surface area contributed by atoms with Gasteiger partial charge in [-0.3, -0.25) is 14.2 Å². The number of hydrogen-bond donors (Lipinski definition) is 0. The third-order valence-corrected chi connectivity index (χ3v) is 5.87. The number of nitrogens with zero attached hydrogens (tertiary/aromatic N) is 3. The lowest BCUT2D eigenvalue weighted by atomic mass is 9.92. The van der Waals surface area contributed by atoms with Crippen LogP contribution in [0.3, 0.4) is 0 Å². The first-order valence-electron chi connectivity index (χ1n) is 10.5. The van der Waals surface area contributed by atoms with Gasteiger partial charge in [0.2, 0.25) is 0 Å². The molecule has 150 valence electrons. The Morgan fingerprint density at radius 3 is 2.75 bits per heavy atom. The van der Waals surface area contributed by atoms with Crippen molar-refractivity contribution < 1.29 is 9.53 Å². The van der Waals surface area contributed by atoms with E-state index in [2.05, 4.69) is 13.8 Å². The summed E-state index contributed by atoms with van der Waals surface area (Å²) in [5.41, 5.74) is 0.702. The van der Waals surface area contributed by atoms with Crippen LogP contribution in [0.2, 0.25) is 0 Å².